The number of rotatable bonds is 3. The maximum absolute atomic E-state index is 12.5. The van der Waals surface area contributed by atoms with E-state index in [4.69, 9.17) is 8.83 Å². The summed E-state index contributed by atoms with van der Waals surface area (Å²) < 4.78 is 11.4. The Hall–Kier alpha value is -1.27. The summed E-state index contributed by atoms with van der Waals surface area (Å²) in [5.41, 5.74) is 2.29. The molecule has 6 heteroatoms. The van der Waals surface area contributed by atoms with Crippen molar-refractivity contribution in [1.29, 1.82) is 0 Å². The number of hydrogen-bond donors (Lipinski definition) is 1. The SMILES string of the molecule is Cc1c(C(=O)NCc2ccco2)oc2c1C1(CCC2)SCCS1. The Morgan fingerprint density at radius 3 is 2.96 bits per heavy atom. The molecule has 2 aromatic heterocycles. The Kier molecular flexibility index (Phi) is 3.97. The van der Waals surface area contributed by atoms with E-state index >= 15 is 0 Å². The van der Waals surface area contributed by atoms with E-state index in [1.807, 2.05) is 42.6 Å². The average molecular weight is 349 g/mol. The van der Waals surface area contributed by atoms with Crippen LogP contribution in [-0.4, -0.2) is 17.4 Å². The second-order valence-electron chi connectivity index (χ2n) is 5.92. The van der Waals surface area contributed by atoms with Gasteiger partial charge in [0.2, 0.25) is 0 Å². The molecular weight excluding hydrogens is 330 g/mol. The molecule has 2 aromatic rings. The Morgan fingerprint density at radius 2 is 2.22 bits per heavy atom. The van der Waals surface area contributed by atoms with Crippen LogP contribution in [0, 0.1) is 6.92 Å². The minimum Gasteiger partial charge on any atom is -0.467 e. The first-order valence-electron chi connectivity index (χ1n) is 7.91. The van der Waals surface area contributed by atoms with Gasteiger partial charge >= 0.3 is 0 Å². The molecule has 122 valence electrons. The number of carbonyl (C=O) groups is 1. The van der Waals surface area contributed by atoms with E-state index in [1.54, 1.807) is 6.26 Å². The summed E-state index contributed by atoms with van der Waals surface area (Å²) in [4.78, 5) is 12.5. The van der Waals surface area contributed by atoms with Crippen LogP contribution in [0.25, 0.3) is 0 Å². The van der Waals surface area contributed by atoms with Gasteiger partial charge in [0.25, 0.3) is 5.91 Å². The lowest BCUT2D eigenvalue weighted by Crippen LogP contribution is -2.24. The van der Waals surface area contributed by atoms with Gasteiger partial charge < -0.3 is 14.2 Å². The molecule has 0 atom stereocenters. The van der Waals surface area contributed by atoms with Gasteiger partial charge in [-0.25, -0.2) is 0 Å². The van der Waals surface area contributed by atoms with Crippen molar-refractivity contribution in [3.63, 3.8) is 0 Å². The summed E-state index contributed by atoms with van der Waals surface area (Å²) in [5, 5.41) is 2.89. The summed E-state index contributed by atoms with van der Waals surface area (Å²) >= 11 is 4.03. The highest BCUT2D eigenvalue weighted by atomic mass is 32.2. The molecule has 1 spiro atoms. The fraction of sp³-hybridized carbons (Fsp3) is 0.471. The molecule has 23 heavy (non-hydrogen) atoms. The van der Waals surface area contributed by atoms with E-state index in [9.17, 15) is 4.79 Å². The first-order chi connectivity index (χ1) is 11.2. The molecule has 0 radical (unpaired) electrons. The Morgan fingerprint density at radius 1 is 1.39 bits per heavy atom. The number of hydrogen-bond acceptors (Lipinski definition) is 5. The smallest absolute Gasteiger partial charge is 0.287 e. The third-order valence-corrected chi connectivity index (χ3v) is 8.00. The zero-order valence-electron chi connectivity index (χ0n) is 13.0. The fourth-order valence-electron chi connectivity index (χ4n) is 3.48. The van der Waals surface area contributed by atoms with Crippen LogP contribution >= 0.6 is 23.5 Å². The van der Waals surface area contributed by atoms with E-state index in [-0.39, 0.29) is 9.99 Å². The highest BCUT2D eigenvalue weighted by Crippen LogP contribution is 2.59. The molecule has 1 aliphatic carbocycles. The van der Waals surface area contributed by atoms with Crippen molar-refractivity contribution in [2.75, 3.05) is 11.5 Å². The molecule has 2 aliphatic rings. The standard InChI is InChI=1S/C17H19NO3S2/c1-11-14-13(5-2-6-17(14)22-8-9-23-17)21-15(11)16(19)18-10-12-4-3-7-20-12/h3-4,7H,2,5-6,8-10H2,1H3,(H,18,19). The first-order valence-corrected chi connectivity index (χ1v) is 9.88. The molecular formula is C17H19NO3S2. The van der Waals surface area contributed by atoms with E-state index in [0.29, 0.717) is 12.3 Å². The maximum Gasteiger partial charge on any atom is 0.287 e. The number of aryl methyl sites for hydroxylation is 1. The summed E-state index contributed by atoms with van der Waals surface area (Å²) in [6, 6.07) is 3.66. The summed E-state index contributed by atoms with van der Waals surface area (Å²) in [7, 11) is 0. The Bertz CT molecular complexity index is 715. The molecule has 1 N–H and O–H groups in total. The van der Waals surface area contributed by atoms with Crippen molar-refractivity contribution >= 4 is 29.4 Å². The first kappa shape index (κ1) is 15.3. The minimum atomic E-state index is -0.156. The lowest BCUT2D eigenvalue weighted by molar-refractivity contribution is 0.0917. The van der Waals surface area contributed by atoms with Crippen molar-refractivity contribution in [3.05, 3.63) is 46.8 Å². The topological polar surface area (TPSA) is 55.4 Å². The normalized spacial score (nSPS) is 19.0. The third kappa shape index (κ3) is 2.62. The van der Waals surface area contributed by atoms with Crippen LogP contribution in [0.5, 0.6) is 0 Å². The molecule has 0 unspecified atom stereocenters. The largest absolute Gasteiger partial charge is 0.467 e. The maximum atomic E-state index is 12.5. The Labute approximate surface area is 143 Å². The molecule has 4 nitrogen and oxygen atoms in total. The van der Waals surface area contributed by atoms with Gasteiger partial charge in [0.1, 0.15) is 11.5 Å². The molecule has 1 aliphatic heterocycles. The van der Waals surface area contributed by atoms with E-state index < -0.39 is 0 Å². The van der Waals surface area contributed by atoms with Crippen LogP contribution in [0.2, 0.25) is 0 Å². The van der Waals surface area contributed by atoms with Crippen molar-refractivity contribution < 1.29 is 13.6 Å². The van der Waals surface area contributed by atoms with Crippen LogP contribution in [0.1, 0.15) is 46.0 Å². The second kappa shape index (κ2) is 5.98. The van der Waals surface area contributed by atoms with E-state index in [2.05, 4.69) is 5.32 Å². The highest BCUT2D eigenvalue weighted by molar-refractivity contribution is 8.20. The van der Waals surface area contributed by atoms with E-state index in [0.717, 1.165) is 29.9 Å². The summed E-state index contributed by atoms with van der Waals surface area (Å²) in [6.07, 6.45) is 4.84. The van der Waals surface area contributed by atoms with Crippen LogP contribution in [0.4, 0.5) is 0 Å². The zero-order chi connectivity index (χ0) is 15.9. The van der Waals surface area contributed by atoms with Crippen LogP contribution < -0.4 is 5.32 Å². The molecule has 1 fully saturated rings. The van der Waals surface area contributed by atoms with E-state index in [1.165, 1.54) is 23.5 Å². The van der Waals surface area contributed by atoms with Gasteiger partial charge in [-0.3, -0.25) is 4.79 Å². The van der Waals surface area contributed by atoms with Gasteiger partial charge in [0, 0.05) is 29.1 Å². The summed E-state index contributed by atoms with van der Waals surface area (Å²) in [6.45, 7) is 2.40. The third-order valence-electron chi connectivity index (χ3n) is 4.47. The molecule has 0 saturated carbocycles. The van der Waals surface area contributed by atoms with Gasteiger partial charge in [-0.1, -0.05) is 0 Å². The number of thioether (sulfide) groups is 2. The van der Waals surface area contributed by atoms with Gasteiger partial charge in [0.15, 0.2) is 5.76 Å². The minimum absolute atomic E-state index is 0.112. The molecule has 3 heterocycles. The lowest BCUT2D eigenvalue weighted by atomic mass is 9.94. The molecule has 1 amide bonds. The van der Waals surface area contributed by atoms with Crippen LogP contribution in [0.3, 0.4) is 0 Å². The van der Waals surface area contributed by atoms with Crippen LogP contribution in [-0.2, 0) is 17.0 Å². The summed E-state index contributed by atoms with van der Waals surface area (Å²) in [5.74, 6) is 4.42. The van der Waals surface area contributed by atoms with Gasteiger partial charge in [0.05, 0.1) is 16.9 Å². The van der Waals surface area contributed by atoms with Crippen LogP contribution in [0.15, 0.2) is 27.2 Å². The second-order valence-corrected chi connectivity index (χ2v) is 8.97. The van der Waals surface area contributed by atoms with Gasteiger partial charge in [-0.15, -0.1) is 23.5 Å². The molecule has 4 rings (SSSR count). The highest BCUT2D eigenvalue weighted by Gasteiger charge is 2.45. The predicted molar refractivity (Wildman–Crippen MR) is 92.9 cm³/mol. The van der Waals surface area contributed by atoms with Crippen molar-refractivity contribution in [2.45, 2.75) is 36.8 Å². The number of carbonyl (C=O) groups excluding carboxylic acids is 1. The molecule has 0 aromatic carbocycles. The molecule has 1 saturated heterocycles. The Balaban J connectivity index is 1.60. The van der Waals surface area contributed by atoms with Crippen molar-refractivity contribution in [3.8, 4) is 0 Å². The number of amides is 1. The molecule has 0 bridgehead atoms. The van der Waals surface area contributed by atoms with Crippen molar-refractivity contribution in [1.82, 2.24) is 5.32 Å². The fourth-order valence-corrected chi connectivity index (χ4v) is 7.03. The zero-order valence-corrected chi connectivity index (χ0v) is 14.6. The predicted octanol–water partition coefficient (Wildman–Crippen LogP) is 4.08. The number of nitrogens with one attached hydrogen (secondary N) is 1. The van der Waals surface area contributed by atoms with Gasteiger partial charge in [-0.2, -0.15) is 0 Å². The lowest BCUT2D eigenvalue weighted by Gasteiger charge is -2.31. The quantitative estimate of drug-likeness (QED) is 0.905. The van der Waals surface area contributed by atoms with Gasteiger partial charge in [-0.05, 0) is 31.9 Å². The number of fused-ring (bicyclic) bond motifs is 2. The monoisotopic (exact) mass is 349 g/mol. The van der Waals surface area contributed by atoms with Crippen molar-refractivity contribution in [2.24, 2.45) is 0 Å². The number of furan rings is 2. The average Bonchev–Trinajstić information content (AvgIpc) is 3.27.